The van der Waals surface area contributed by atoms with E-state index in [1.54, 1.807) is 36.4 Å². The van der Waals surface area contributed by atoms with Gasteiger partial charge in [-0.15, -0.1) is 0 Å². The highest BCUT2D eigenvalue weighted by molar-refractivity contribution is 7.90. The summed E-state index contributed by atoms with van der Waals surface area (Å²) in [5.41, 5.74) is 6.30. The zero-order valence-electron chi connectivity index (χ0n) is 12.8. The molecule has 0 saturated heterocycles. The van der Waals surface area contributed by atoms with Gasteiger partial charge in [-0.1, -0.05) is 18.2 Å². The molecule has 7 heteroatoms. The summed E-state index contributed by atoms with van der Waals surface area (Å²) in [6.45, 7) is 3.74. The average molecular weight is 331 g/mol. The number of anilines is 1. The number of benzene rings is 1. The van der Waals surface area contributed by atoms with Crippen LogP contribution in [0.1, 0.15) is 13.8 Å². The van der Waals surface area contributed by atoms with Crippen LogP contribution in [0, 0.1) is 0 Å². The number of hydrogen-bond acceptors (Lipinski definition) is 5. The maximum atomic E-state index is 12.8. The van der Waals surface area contributed by atoms with Gasteiger partial charge < -0.3 is 10.5 Å². The van der Waals surface area contributed by atoms with Crippen molar-refractivity contribution >= 4 is 26.7 Å². The van der Waals surface area contributed by atoms with E-state index in [4.69, 9.17) is 10.5 Å². The van der Waals surface area contributed by atoms with Crippen LogP contribution in [0.2, 0.25) is 0 Å². The first kappa shape index (κ1) is 15.4. The molecule has 0 spiro atoms. The van der Waals surface area contributed by atoms with Gasteiger partial charge in [0.25, 0.3) is 10.0 Å². The lowest BCUT2D eigenvalue weighted by Gasteiger charge is -2.13. The highest BCUT2D eigenvalue weighted by atomic mass is 32.2. The molecule has 6 nitrogen and oxygen atoms in total. The lowest BCUT2D eigenvalue weighted by Crippen LogP contribution is -2.12. The van der Waals surface area contributed by atoms with Crippen molar-refractivity contribution in [3.8, 4) is 5.75 Å². The molecule has 2 heterocycles. The first-order valence-electron chi connectivity index (χ1n) is 7.14. The summed E-state index contributed by atoms with van der Waals surface area (Å²) >= 11 is 0. The van der Waals surface area contributed by atoms with Gasteiger partial charge in [-0.25, -0.2) is 17.4 Å². The molecule has 1 aromatic carbocycles. The molecule has 2 aromatic heterocycles. The third-order valence-corrected chi connectivity index (χ3v) is 5.05. The van der Waals surface area contributed by atoms with Crippen molar-refractivity contribution in [1.29, 1.82) is 0 Å². The van der Waals surface area contributed by atoms with Crippen LogP contribution in [0.5, 0.6) is 5.75 Å². The van der Waals surface area contributed by atoms with Gasteiger partial charge in [-0.05, 0) is 32.0 Å². The summed E-state index contributed by atoms with van der Waals surface area (Å²) < 4.78 is 32.5. The quantitative estimate of drug-likeness (QED) is 0.794. The molecule has 0 aliphatic carbocycles. The number of rotatable bonds is 4. The third kappa shape index (κ3) is 2.63. The standard InChI is InChI=1S/C16H17N3O3S/c1-11(2)22-15-13-8-9-19(14(13)10-18-16(15)17)23(20,21)12-6-4-3-5-7-12/h3-11H,1-2H3,(H2,17,18). The van der Waals surface area contributed by atoms with Gasteiger partial charge in [0.1, 0.15) is 0 Å². The number of ether oxygens (including phenoxy) is 1. The number of nitrogen functional groups attached to an aromatic ring is 1. The zero-order valence-corrected chi connectivity index (χ0v) is 13.6. The molecule has 23 heavy (non-hydrogen) atoms. The Hall–Kier alpha value is -2.54. The Morgan fingerprint density at radius 3 is 2.52 bits per heavy atom. The molecule has 0 aliphatic heterocycles. The van der Waals surface area contributed by atoms with E-state index in [0.717, 1.165) is 0 Å². The highest BCUT2D eigenvalue weighted by Crippen LogP contribution is 2.33. The summed E-state index contributed by atoms with van der Waals surface area (Å²) in [4.78, 5) is 4.28. The smallest absolute Gasteiger partial charge is 0.268 e. The van der Waals surface area contributed by atoms with Crippen LogP contribution in [0.3, 0.4) is 0 Å². The Morgan fingerprint density at radius 2 is 1.87 bits per heavy atom. The SMILES string of the molecule is CC(C)Oc1c(N)ncc2c1ccn2S(=O)(=O)c1ccccc1. The normalized spacial score (nSPS) is 12.0. The van der Waals surface area contributed by atoms with Crippen molar-refractivity contribution in [2.24, 2.45) is 0 Å². The van der Waals surface area contributed by atoms with E-state index >= 15 is 0 Å². The average Bonchev–Trinajstić information content (AvgIpc) is 2.95. The molecular formula is C16H17N3O3S. The van der Waals surface area contributed by atoms with E-state index in [2.05, 4.69) is 4.98 Å². The van der Waals surface area contributed by atoms with Gasteiger partial charge in [0, 0.05) is 11.6 Å². The number of nitrogens with two attached hydrogens (primary N) is 1. The van der Waals surface area contributed by atoms with E-state index < -0.39 is 10.0 Å². The topological polar surface area (TPSA) is 87.2 Å². The Morgan fingerprint density at radius 1 is 1.17 bits per heavy atom. The highest BCUT2D eigenvalue weighted by Gasteiger charge is 2.21. The summed E-state index contributed by atoms with van der Waals surface area (Å²) in [6.07, 6.45) is 2.83. The largest absolute Gasteiger partial charge is 0.486 e. The maximum absolute atomic E-state index is 12.8. The maximum Gasteiger partial charge on any atom is 0.268 e. The number of pyridine rings is 1. The van der Waals surface area contributed by atoms with E-state index in [1.807, 2.05) is 13.8 Å². The first-order chi connectivity index (χ1) is 10.9. The van der Waals surface area contributed by atoms with Crippen LogP contribution in [0.4, 0.5) is 5.82 Å². The molecule has 0 fully saturated rings. The first-order valence-corrected chi connectivity index (χ1v) is 8.58. The predicted octanol–water partition coefficient (Wildman–Crippen LogP) is 2.64. The predicted molar refractivity (Wildman–Crippen MR) is 88.9 cm³/mol. The number of nitrogens with zero attached hydrogens (tertiary/aromatic N) is 2. The van der Waals surface area contributed by atoms with Gasteiger partial charge in [0.05, 0.1) is 22.7 Å². The second kappa shape index (κ2) is 5.58. The van der Waals surface area contributed by atoms with Crippen molar-refractivity contribution in [2.75, 3.05) is 5.73 Å². The molecule has 0 saturated carbocycles. The summed E-state index contributed by atoms with van der Waals surface area (Å²) in [5.74, 6) is 0.639. The number of aromatic nitrogens is 2. The molecule has 3 aromatic rings. The molecular weight excluding hydrogens is 314 g/mol. The molecule has 0 unspecified atom stereocenters. The van der Waals surface area contributed by atoms with Crippen LogP contribution in [-0.2, 0) is 10.0 Å². The second-order valence-corrected chi connectivity index (χ2v) is 7.18. The third-order valence-electron chi connectivity index (χ3n) is 3.35. The summed E-state index contributed by atoms with van der Waals surface area (Å²) in [7, 11) is -3.70. The lowest BCUT2D eigenvalue weighted by molar-refractivity contribution is 0.246. The Kier molecular flexibility index (Phi) is 3.73. The molecule has 0 bridgehead atoms. The van der Waals surface area contributed by atoms with E-state index in [0.29, 0.717) is 16.7 Å². The molecule has 3 rings (SSSR count). The fourth-order valence-corrected chi connectivity index (χ4v) is 3.70. The van der Waals surface area contributed by atoms with Gasteiger partial charge in [-0.2, -0.15) is 0 Å². The monoisotopic (exact) mass is 331 g/mol. The Labute approximate surface area is 134 Å². The van der Waals surface area contributed by atoms with Crippen LogP contribution in [-0.4, -0.2) is 23.5 Å². The molecule has 120 valence electrons. The van der Waals surface area contributed by atoms with Crippen molar-refractivity contribution in [2.45, 2.75) is 24.8 Å². The van der Waals surface area contributed by atoms with Gasteiger partial charge in [0.15, 0.2) is 11.6 Å². The molecule has 0 amide bonds. The summed E-state index contributed by atoms with van der Waals surface area (Å²) in [5, 5.41) is 0.616. The van der Waals surface area contributed by atoms with Crippen molar-refractivity contribution in [1.82, 2.24) is 8.96 Å². The zero-order chi connectivity index (χ0) is 16.6. The van der Waals surface area contributed by atoms with Crippen LogP contribution >= 0.6 is 0 Å². The number of fused-ring (bicyclic) bond motifs is 1. The van der Waals surface area contributed by atoms with Crippen LogP contribution in [0.25, 0.3) is 10.9 Å². The molecule has 0 atom stereocenters. The van der Waals surface area contributed by atoms with Crippen molar-refractivity contribution in [3.63, 3.8) is 0 Å². The second-order valence-electron chi connectivity index (χ2n) is 5.37. The van der Waals surface area contributed by atoms with Crippen molar-refractivity contribution < 1.29 is 13.2 Å². The number of hydrogen-bond donors (Lipinski definition) is 1. The fraction of sp³-hybridized carbons (Fsp3) is 0.188. The van der Waals surface area contributed by atoms with Gasteiger partial charge >= 0.3 is 0 Å². The van der Waals surface area contributed by atoms with E-state index in [-0.39, 0.29) is 16.8 Å². The Bertz CT molecular complexity index is 947. The fourth-order valence-electron chi connectivity index (χ4n) is 2.35. The molecule has 0 aliphatic rings. The van der Waals surface area contributed by atoms with E-state index in [9.17, 15) is 8.42 Å². The van der Waals surface area contributed by atoms with Crippen LogP contribution in [0.15, 0.2) is 53.7 Å². The molecule has 2 N–H and O–H groups in total. The van der Waals surface area contributed by atoms with Crippen LogP contribution < -0.4 is 10.5 Å². The Balaban J connectivity index is 2.22. The minimum Gasteiger partial charge on any atom is -0.486 e. The molecule has 0 radical (unpaired) electrons. The van der Waals surface area contributed by atoms with Gasteiger partial charge in [0.2, 0.25) is 0 Å². The lowest BCUT2D eigenvalue weighted by atomic mass is 10.3. The van der Waals surface area contributed by atoms with E-state index in [1.165, 1.54) is 16.4 Å². The minimum atomic E-state index is -3.70. The van der Waals surface area contributed by atoms with Gasteiger partial charge in [-0.3, -0.25) is 0 Å². The van der Waals surface area contributed by atoms with Crippen molar-refractivity contribution in [3.05, 3.63) is 48.8 Å². The summed E-state index contributed by atoms with van der Waals surface area (Å²) in [6, 6.07) is 9.91. The minimum absolute atomic E-state index is 0.0984.